The topological polar surface area (TPSA) is 49.7 Å². The van der Waals surface area contributed by atoms with Crippen molar-refractivity contribution in [2.45, 2.75) is 24.4 Å². The molecule has 9 heteroatoms. The third-order valence-electron chi connectivity index (χ3n) is 1.47. The molecule has 0 aliphatic rings. The summed E-state index contributed by atoms with van der Waals surface area (Å²) in [5, 5.41) is 16.8. The SMILES string of the molecule is OC[C@H](O)COCC(F)(F)[C@@H](F)C(F)(F)F. The lowest BCUT2D eigenvalue weighted by Crippen LogP contribution is -2.45. The van der Waals surface area contributed by atoms with Gasteiger partial charge in [-0.15, -0.1) is 0 Å². The Hall–Kier alpha value is -0.540. The summed E-state index contributed by atoms with van der Waals surface area (Å²) in [6.07, 6.45) is -11.5. The van der Waals surface area contributed by atoms with Crippen LogP contribution in [0.25, 0.3) is 0 Å². The number of alkyl halides is 6. The van der Waals surface area contributed by atoms with Crippen LogP contribution in [0.5, 0.6) is 0 Å². The van der Waals surface area contributed by atoms with Gasteiger partial charge in [-0.05, 0) is 0 Å². The molecule has 0 amide bonds. The summed E-state index contributed by atoms with van der Waals surface area (Å²) in [7, 11) is 0. The summed E-state index contributed by atoms with van der Waals surface area (Å²) in [4.78, 5) is 0. The van der Waals surface area contributed by atoms with Crippen LogP contribution in [0.2, 0.25) is 0 Å². The molecule has 98 valence electrons. The van der Waals surface area contributed by atoms with Gasteiger partial charge in [0.1, 0.15) is 12.7 Å². The molecule has 0 radical (unpaired) electrons. The summed E-state index contributed by atoms with van der Waals surface area (Å²) in [6.45, 7) is -3.44. The Bertz CT molecular complexity index is 207. The third kappa shape index (κ3) is 4.99. The van der Waals surface area contributed by atoms with Crippen molar-refractivity contribution < 1.29 is 41.3 Å². The van der Waals surface area contributed by atoms with Gasteiger partial charge < -0.3 is 14.9 Å². The Morgan fingerprint density at radius 2 is 1.62 bits per heavy atom. The van der Waals surface area contributed by atoms with Gasteiger partial charge in [-0.25, -0.2) is 13.2 Å². The van der Waals surface area contributed by atoms with Gasteiger partial charge in [0.15, 0.2) is 0 Å². The van der Waals surface area contributed by atoms with Gasteiger partial charge in [-0.3, -0.25) is 0 Å². The van der Waals surface area contributed by atoms with E-state index < -0.39 is 44.2 Å². The number of ether oxygens (including phenoxy) is 1. The van der Waals surface area contributed by atoms with Crippen LogP contribution in [-0.2, 0) is 4.74 Å². The molecule has 2 N–H and O–H groups in total. The van der Waals surface area contributed by atoms with Gasteiger partial charge in [0, 0.05) is 0 Å². The van der Waals surface area contributed by atoms with Crippen molar-refractivity contribution in [3.05, 3.63) is 0 Å². The number of aliphatic hydroxyl groups excluding tert-OH is 2. The lowest BCUT2D eigenvalue weighted by Gasteiger charge is -2.22. The van der Waals surface area contributed by atoms with E-state index in [1.165, 1.54) is 0 Å². The highest BCUT2D eigenvalue weighted by atomic mass is 19.4. The maximum absolute atomic E-state index is 12.5. The van der Waals surface area contributed by atoms with Gasteiger partial charge in [0.2, 0.25) is 0 Å². The van der Waals surface area contributed by atoms with E-state index in [1.54, 1.807) is 0 Å². The van der Waals surface area contributed by atoms with Crippen molar-refractivity contribution in [2.75, 3.05) is 19.8 Å². The fraction of sp³-hybridized carbons (Fsp3) is 1.00. The van der Waals surface area contributed by atoms with Crippen molar-refractivity contribution in [1.29, 1.82) is 0 Å². The maximum atomic E-state index is 12.5. The molecule has 0 saturated carbocycles. The van der Waals surface area contributed by atoms with Crippen LogP contribution in [0, 0.1) is 0 Å². The van der Waals surface area contributed by atoms with E-state index in [0.29, 0.717) is 0 Å². The van der Waals surface area contributed by atoms with Crippen molar-refractivity contribution in [3.63, 3.8) is 0 Å². The monoisotopic (exact) mass is 256 g/mol. The quantitative estimate of drug-likeness (QED) is 0.694. The van der Waals surface area contributed by atoms with Gasteiger partial charge in [-0.1, -0.05) is 0 Å². The third-order valence-corrected chi connectivity index (χ3v) is 1.47. The Morgan fingerprint density at radius 1 is 1.12 bits per heavy atom. The van der Waals surface area contributed by atoms with E-state index in [4.69, 9.17) is 10.2 Å². The van der Waals surface area contributed by atoms with Gasteiger partial charge >= 0.3 is 12.1 Å². The van der Waals surface area contributed by atoms with Crippen molar-refractivity contribution in [2.24, 2.45) is 0 Å². The van der Waals surface area contributed by atoms with Crippen molar-refractivity contribution in [3.8, 4) is 0 Å². The molecular weight excluding hydrogens is 246 g/mol. The smallest absolute Gasteiger partial charge is 0.394 e. The van der Waals surface area contributed by atoms with Crippen LogP contribution < -0.4 is 0 Å². The first kappa shape index (κ1) is 15.5. The zero-order valence-corrected chi connectivity index (χ0v) is 7.85. The standard InChI is InChI=1S/C7H10F6O3/c8-5(7(11,12)13)6(9,10)3-16-2-4(15)1-14/h4-5,14-15H,1-3H2/t4-,5+/m0/s1. The minimum Gasteiger partial charge on any atom is -0.394 e. The summed E-state index contributed by atoms with van der Waals surface area (Å²) >= 11 is 0. The fourth-order valence-electron chi connectivity index (χ4n) is 0.696. The average molecular weight is 256 g/mol. The molecule has 0 aromatic carbocycles. The highest BCUT2D eigenvalue weighted by molar-refractivity contribution is 4.82. The van der Waals surface area contributed by atoms with Crippen LogP contribution in [0.4, 0.5) is 26.3 Å². The number of rotatable bonds is 6. The molecule has 2 atom stereocenters. The molecular formula is C7H10F6O3. The Balaban J connectivity index is 4.14. The van der Waals surface area contributed by atoms with E-state index in [0.717, 1.165) is 0 Å². The van der Waals surface area contributed by atoms with E-state index in [1.807, 2.05) is 0 Å². The van der Waals surface area contributed by atoms with Crippen molar-refractivity contribution in [1.82, 2.24) is 0 Å². The molecule has 16 heavy (non-hydrogen) atoms. The molecule has 0 spiro atoms. The molecule has 0 bridgehead atoms. The van der Waals surface area contributed by atoms with Gasteiger partial charge in [-0.2, -0.15) is 13.2 Å². The minimum atomic E-state index is -5.68. The normalized spacial score (nSPS) is 17.2. The summed E-state index contributed by atoms with van der Waals surface area (Å²) in [5.41, 5.74) is 0. The summed E-state index contributed by atoms with van der Waals surface area (Å²) in [5.74, 6) is -4.73. The molecule has 0 aliphatic heterocycles. The highest BCUT2D eigenvalue weighted by Gasteiger charge is 2.56. The molecule has 0 heterocycles. The molecule has 0 saturated heterocycles. The van der Waals surface area contributed by atoms with Crippen molar-refractivity contribution >= 4 is 0 Å². The molecule has 0 fully saturated rings. The zero-order chi connectivity index (χ0) is 13.0. The molecule has 0 rings (SSSR count). The Labute approximate surface area is 86.6 Å². The van der Waals surface area contributed by atoms with Crippen LogP contribution in [-0.4, -0.2) is 54.4 Å². The second-order valence-corrected chi connectivity index (χ2v) is 3.02. The first-order chi connectivity index (χ1) is 7.11. The fourth-order valence-corrected chi connectivity index (χ4v) is 0.696. The number of hydrogen-bond donors (Lipinski definition) is 2. The molecule has 0 aromatic heterocycles. The summed E-state index contributed by atoms with van der Waals surface area (Å²) < 4.78 is 76.0. The maximum Gasteiger partial charge on any atom is 0.425 e. The molecule has 0 aromatic rings. The first-order valence-electron chi connectivity index (χ1n) is 4.06. The lowest BCUT2D eigenvalue weighted by atomic mass is 10.2. The van der Waals surface area contributed by atoms with Crippen LogP contribution in [0.15, 0.2) is 0 Å². The number of halogens is 6. The second-order valence-electron chi connectivity index (χ2n) is 3.02. The van der Waals surface area contributed by atoms with E-state index in [2.05, 4.69) is 4.74 Å². The van der Waals surface area contributed by atoms with E-state index >= 15 is 0 Å². The van der Waals surface area contributed by atoms with Crippen LogP contribution in [0.1, 0.15) is 0 Å². The largest absolute Gasteiger partial charge is 0.425 e. The highest BCUT2D eigenvalue weighted by Crippen LogP contribution is 2.34. The number of hydrogen-bond acceptors (Lipinski definition) is 3. The zero-order valence-electron chi connectivity index (χ0n) is 7.85. The van der Waals surface area contributed by atoms with Crippen LogP contribution >= 0.6 is 0 Å². The average Bonchev–Trinajstić information content (AvgIpc) is 2.14. The summed E-state index contributed by atoms with van der Waals surface area (Å²) in [6, 6.07) is 0. The first-order valence-corrected chi connectivity index (χ1v) is 4.06. The van der Waals surface area contributed by atoms with E-state index in [-0.39, 0.29) is 0 Å². The minimum absolute atomic E-state index is 0.802. The Morgan fingerprint density at radius 3 is 2.00 bits per heavy atom. The van der Waals surface area contributed by atoms with Gasteiger partial charge in [0.05, 0.1) is 13.2 Å². The van der Waals surface area contributed by atoms with Crippen LogP contribution in [0.3, 0.4) is 0 Å². The molecule has 0 unspecified atom stereocenters. The number of aliphatic hydroxyl groups is 2. The Kier molecular flexibility index (Phi) is 5.50. The lowest BCUT2D eigenvalue weighted by molar-refractivity contribution is -0.256. The van der Waals surface area contributed by atoms with Gasteiger partial charge in [0.25, 0.3) is 6.17 Å². The predicted octanol–water partition coefficient (Wildman–Crippen LogP) is 0.892. The molecule has 0 aliphatic carbocycles. The second kappa shape index (κ2) is 5.69. The van der Waals surface area contributed by atoms with E-state index in [9.17, 15) is 26.3 Å². The predicted molar refractivity (Wildman–Crippen MR) is 39.8 cm³/mol. The molecule has 3 nitrogen and oxygen atoms in total.